The second-order valence-corrected chi connectivity index (χ2v) is 6.07. The molecule has 1 atom stereocenters. The Morgan fingerprint density at radius 3 is 2.39 bits per heavy atom. The normalized spacial score (nSPS) is 11.1. The van der Waals surface area contributed by atoms with Crippen LogP contribution in [-0.2, 0) is 0 Å². The lowest BCUT2D eigenvalue weighted by Gasteiger charge is -2.13. The van der Waals surface area contributed by atoms with Gasteiger partial charge in [-0.1, -0.05) is 54.3 Å². The summed E-state index contributed by atoms with van der Waals surface area (Å²) in [6.45, 7) is -0.111. The van der Waals surface area contributed by atoms with Crippen LogP contribution in [0, 0.1) is 17.7 Å². The molecule has 3 aromatic carbocycles. The van der Waals surface area contributed by atoms with Gasteiger partial charge in [-0.25, -0.2) is 9.18 Å². The van der Waals surface area contributed by atoms with Crippen LogP contribution in [0.4, 0.5) is 14.9 Å². The summed E-state index contributed by atoms with van der Waals surface area (Å²) < 4.78 is 13.6. The van der Waals surface area contributed by atoms with Gasteiger partial charge in [-0.05, 0) is 36.4 Å². The van der Waals surface area contributed by atoms with Crippen LogP contribution >= 0.6 is 0 Å². The molecule has 0 spiro atoms. The minimum atomic E-state index is -1.13. The number of nitrogens with one attached hydrogen (secondary N) is 2. The first-order valence-electron chi connectivity index (χ1n) is 8.76. The fraction of sp³-hybridized carbons (Fsp3) is 0.0870. The molecule has 2 amide bonds. The molecule has 4 nitrogen and oxygen atoms in total. The molecule has 140 valence electrons. The third-order valence-corrected chi connectivity index (χ3v) is 3.97. The van der Waals surface area contributed by atoms with Gasteiger partial charge in [-0.3, -0.25) is 0 Å². The number of rotatable bonds is 4. The highest BCUT2D eigenvalue weighted by Gasteiger charge is 2.13. The standard InChI is InChI=1S/C23H19FN2O2/c24-21-12-5-4-11-20(21)22(27)16-25-23(28)26-19-10-6-9-18(15-19)14-13-17-7-2-1-3-8-17/h1-12,15,22,27H,16H2,(H2,25,26,28). The largest absolute Gasteiger partial charge is 0.386 e. The average molecular weight is 374 g/mol. The maximum absolute atomic E-state index is 13.6. The third kappa shape index (κ3) is 5.44. The number of urea groups is 1. The number of aliphatic hydroxyl groups excluding tert-OH is 1. The van der Waals surface area contributed by atoms with Crippen molar-refractivity contribution in [2.45, 2.75) is 6.10 Å². The Bertz CT molecular complexity index is 1010. The zero-order valence-corrected chi connectivity index (χ0v) is 15.0. The number of hydrogen-bond donors (Lipinski definition) is 3. The Labute approximate surface area is 163 Å². The van der Waals surface area contributed by atoms with Crippen LogP contribution in [0.15, 0.2) is 78.9 Å². The molecule has 0 aliphatic carbocycles. The summed E-state index contributed by atoms with van der Waals surface area (Å²) in [5.41, 5.74) is 2.37. The predicted molar refractivity (Wildman–Crippen MR) is 107 cm³/mol. The Kier molecular flexibility index (Phi) is 6.40. The lowest BCUT2D eigenvalue weighted by molar-refractivity contribution is 0.170. The zero-order chi connectivity index (χ0) is 19.8. The van der Waals surface area contributed by atoms with E-state index < -0.39 is 18.0 Å². The lowest BCUT2D eigenvalue weighted by atomic mass is 10.1. The summed E-state index contributed by atoms with van der Waals surface area (Å²) in [5.74, 6) is 5.60. The van der Waals surface area contributed by atoms with E-state index >= 15 is 0 Å². The van der Waals surface area contributed by atoms with Crippen LogP contribution in [0.3, 0.4) is 0 Å². The molecule has 0 aliphatic heterocycles. The number of anilines is 1. The molecule has 0 fully saturated rings. The fourth-order valence-corrected chi connectivity index (χ4v) is 2.56. The highest BCUT2D eigenvalue weighted by Crippen LogP contribution is 2.16. The smallest absolute Gasteiger partial charge is 0.319 e. The number of halogens is 1. The van der Waals surface area contributed by atoms with Crippen molar-refractivity contribution in [1.29, 1.82) is 0 Å². The van der Waals surface area contributed by atoms with Crippen molar-refractivity contribution in [2.75, 3.05) is 11.9 Å². The quantitative estimate of drug-likeness (QED) is 0.603. The molecule has 3 rings (SSSR count). The monoisotopic (exact) mass is 374 g/mol. The molecule has 0 radical (unpaired) electrons. The van der Waals surface area contributed by atoms with Crippen LogP contribution in [0.2, 0.25) is 0 Å². The van der Waals surface area contributed by atoms with Gasteiger partial charge >= 0.3 is 6.03 Å². The maximum Gasteiger partial charge on any atom is 0.319 e. The summed E-state index contributed by atoms with van der Waals surface area (Å²) in [4.78, 5) is 12.1. The second kappa shape index (κ2) is 9.36. The number of carbonyl (C=O) groups is 1. The van der Waals surface area contributed by atoms with Crippen molar-refractivity contribution in [3.63, 3.8) is 0 Å². The van der Waals surface area contributed by atoms with Gasteiger partial charge in [0.25, 0.3) is 0 Å². The first-order valence-corrected chi connectivity index (χ1v) is 8.76. The summed E-state index contributed by atoms with van der Waals surface area (Å²) in [6.07, 6.45) is -1.13. The van der Waals surface area contributed by atoms with Gasteiger partial charge in [0.05, 0.1) is 6.10 Å². The van der Waals surface area contributed by atoms with Crippen LogP contribution in [0.5, 0.6) is 0 Å². The predicted octanol–water partition coefficient (Wildman–Crippen LogP) is 4.08. The van der Waals surface area contributed by atoms with Crippen LogP contribution < -0.4 is 10.6 Å². The van der Waals surface area contributed by atoms with E-state index in [2.05, 4.69) is 22.5 Å². The Hall–Kier alpha value is -3.62. The molecule has 0 aliphatic rings. The highest BCUT2D eigenvalue weighted by atomic mass is 19.1. The van der Waals surface area contributed by atoms with E-state index in [0.717, 1.165) is 11.1 Å². The van der Waals surface area contributed by atoms with Crippen LogP contribution in [0.25, 0.3) is 0 Å². The molecule has 0 heterocycles. The molecule has 0 aromatic heterocycles. The van der Waals surface area contributed by atoms with Gasteiger partial charge in [0.1, 0.15) is 5.82 Å². The van der Waals surface area contributed by atoms with Crippen molar-refractivity contribution in [2.24, 2.45) is 0 Å². The topological polar surface area (TPSA) is 61.4 Å². The van der Waals surface area contributed by atoms with Gasteiger partial charge in [0, 0.05) is 28.9 Å². The van der Waals surface area contributed by atoms with Gasteiger partial charge in [-0.15, -0.1) is 0 Å². The SMILES string of the molecule is O=C(NCC(O)c1ccccc1F)Nc1cccc(C#Cc2ccccc2)c1. The first-order chi connectivity index (χ1) is 13.6. The van der Waals surface area contributed by atoms with E-state index in [9.17, 15) is 14.3 Å². The molecule has 0 bridgehead atoms. The van der Waals surface area contributed by atoms with Crippen molar-refractivity contribution in [3.8, 4) is 11.8 Å². The lowest BCUT2D eigenvalue weighted by Crippen LogP contribution is -2.32. The Morgan fingerprint density at radius 2 is 1.61 bits per heavy atom. The number of aliphatic hydroxyl groups is 1. The number of benzene rings is 3. The van der Waals surface area contributed by atoms with Gasteiger partial charge in [0.15, 0.2) is 0 Å². The zero-order valence-electron chi connectivity index (χ0n) is 15.0. The van der Waals surface area contributed by atoms with Gasteiger partial charge in [-0.2, -0.15) is 0 Å². The van der Waals surface area contributed by atoms with E-state index in [1.807, 2.05) is 36.4 Å². The molecular formula is C23H19FN2O2. The van der Waals surface area contributed by atoms with Crippen molar-refractivity contribution >= 4 is 11.7 Å². The van der Waals surface area contributed by atoms with Crippen molar-refractivity contribution in [1.82, 2.24) is 5.32 Å². The molecule has 3 aromatic rings. The van der Waals surface area contributed by atoms with Crippen LogP contribution in [0.1, 0.15) is 22.8 Å². The molecular weight excluding hydrogens is 355 g/mol. The van der Waals surface area contributed by atoms with E-state index in [1.54, 1.807) is 30.3 Å². The summed E-state index contributed by atoms with van der Waals surface area (Å²) in [5, 5.41) is 15.2. The summed E-state index contributed by atoms with van der Waals surface area (Å²) in [7, 11) is 0. The van der Waals surface area contributed by atoms with E-state index in [4.69, 9.17) is 0 Å². The third-order valence-electron chi connectivity index (χ3n) is 3.97. The fourth-order valence-electron chi connectivity index (χ4n) is 2.56. The second-order valence-electron chi connectivity index (χ2n) is 6.07. The Morgan fingerprint density at radius 1 is 0.929 bits per heavy atom. The number of hydrogen-bond acceptors (Lipinski definition) is 2. The minimum absolute atomic E-state index is 0.111. The summed E-state index contributed by atoms with van der Waals surface area (Å²) in [6, 6.07) is 22.2. The van der Waals surface area contributed by atoms with Crippen molar-refractivity contribution < 1.29 is 14.3 Å². The van der Waals surface area contributed by atoms with E-state index in [0.29, 0.717) is 5.69 Å². The molecule has 0 saturated carbocycles. The van der Waals surface area contributed by atoms with Crippen LogP contribution in [-0.4, -0.2) is 17.7 Å². The van der Waals surface area contributed by atoms with E-state index in [1.165, 1.54) is 12.1 Å². The first kappa shape index (κ1) is 19.2. The van der Waals surface area contributed by atoms with Gasteiger partial charge < -0.3 is 15.7 Å². The van der Waals surface area contributed by atoms with E-state index in [-0.39, 0.29) is 12.1 Å². The Balaban J connectivity index is 1.57. The van der Waals surface area contributed by atoms with Crippen molar-refractivity contribution in [3.05, 3.63) is 101 Å². The summed E-state index contributed by atoms with van der Waals surface area (Å²) >= 11 is 0. The molecule has 28 heavy (non-hydrogen) atoms. The van der Waals surface area contributed by atoms with Gasteiger partial charge in [0.2, 0.25) is 0 Å². The minimum Gasteiger partial charge on any atom is -0.386 e. The average Bonchev–Trinajstić information content (AvgIpc) is 2.72. The number of amides is 2. The number of carbonyl (C=O) groups excluding carboxylic acids is 1. The molecule has 1 unspecified atom stereocenters. The molecule has 5 heteroatoms. The maximum atomic E-state index is 13.6. The molecule has 3 N–H and O–H groups in total. The molecule has 0 saturated heterocycles. The highest BCUT2D eigenvalue weighted by molar-refractivity contribution is 5.89.